The summed E-state index contributed by atoms with van der Waals surface area (Å²) in [7, 11) is 0. The van der Waals surface area contributed by atoms with E-state index in [1.807, 2.05) is 19.1 Å². The van der Waals surface area contributed by atoms with E-state index in [1.165, 1.54) is 12.1 Å². The van der Waals surface area contributed by atoms with Crippen LogP contribution in [0.4, 0.5) is 4.39 Å². The van der Waals surface area contributed by atoms with E-state index in [0.717, 1.165) is 5.56 Å². The minimum absolute atomic E-state index is 0.0181. The van der Waals surface area contributed by atoms with E-state index in [-0.39, 0.29) is 11.9 Å². The monoisotopic (exact) mass is 279 g/mol. The van der Waals surface area contributed by atoms with E-state index in [1.54, 1.807) is 18.2 Å². The Morgan fingerprint density at radius 2 is 1.89 bits per heavy atom. The van der Waals surface area contributed by atoms with Crippen LogP contribution in [-0.4, -0.2) is 6.04 Å². The zero-order valence-electron chi connectivity index (χ0n) is 10.6. The van der Waals surface area contributed by atoms with Crippen LogP contribution >= 0.6 is 11.6 Å². The molecule has 0 aliphatic heterocycles. The maximum Gasteiger partial charge on any atom is 0.132 e. The fourth-order valence-electron chi connectivity index (χ4n) is 1.78. The van der Waals surface area contributed by atoms with Crippen LogP contribution in [0.3, 0.4) is 0 Å². The molecule has 2 rings (SSSR count). The molecule has 4 heteroatoms. The Labute approximate surface area is 117 Å². The summed E-state index contributed by atoms with van der Waals surface area (Å²) in [5, 5.41) is 0.622. The maximum atomic E-state index is 12.8. The predicted molar refractivity (Wildman–Crippen MR) is 75.3 cm³/mol. The number of ether oxygens (including phenoxy) is 1. The molecule has 0 heterocycles. The fourth-order valence-corrected chi connectivity index (χ4v) is 2.03. The zero-order chi connectivity index (χ0) is 13.8. The average Bonchev–Trinajstić information content (AvgIpc) is 2.36. The Morgan fingerprint density at radius 3 is 2.53 bits per heavy atom. The van der Waals surface area contributed by atoms with Gasteiger partial charge in [-0.15, -0.1) is 0 Å². The molecule has 0 saturated heterocycles. The van der Waals surface area contributed by atoms with Crippen molar-refractivity contribution in [3.8, 4) is 11.5 Å². The second-order valence-electron chi connectivity index (χ2n) is 4.45. The molecule has 100 valence electrons. The Bertz CT molecular complexity index is 555. The van der Waals surface area contributed by atoms with Gasteiger partial charge in [-0.3, -0.25) is 0 Å². The van der Waals surface area contributed by atoms with Crippen LogP contribution in [0, 0.1) is 5.82 Å². The lowest BCUT2D eigenvalue weighted by atomic mass is 10.1. The lowest BCUT2D eigenvalue weighted by Gasteiger charge is -2.14. The zero-order valence-corrected chi connectivity index (χ0v) is 11.3. The standard InChI is InChI=1S/C15H15ClFNO/c1-10(18)9-13-14(16)3-2-4-15(13)19-12-7-5-11(17)6-8-12/h2-8,10H,9,18H2,1H3. The normalized spacial score (nSPS) is 12.2. The van der Waals surface area contributed by atoms with Gasteiger partial charge >= 0.3 is 0 Å². The molecule has 2 aromatic rings. The van der Waals surface area contributed by atoms with Crippen molar-refractivity contribution in [3.63, 3.8) is 0 Å². The molecular formula is C15H15ClFNO. The molecule has 0 fully saturated rings. The molecule has 2 aromatic carbocycles. The van der Waals surface area contributed by atoms with Gasteiger partial charge in [-0.05, 0) is 49.7 Å². The first kappa shape index (κ1) is 13.8. The van der Waals surface area contributed by atoms with Crippen LogP contribution in [0.5, 0.6) is 11.5 Å². The number of benzene rings is 2. The third kappa shape index (κ3) is 3.69. The third-order valence-electron chi connectivity index (χ3n) is 2.64. The Hall–Kier alpha value is -1.58. The molecule has 0 aliphatic rings. The van der Waals surface area contributed by atoms with Gasteiger partial charge in [0.05, 0.1) is 0 Å². The SMILES string of the molecule is CC(N)Cc1c(Cl)cccc1Oc1ccc(F)cc1. The van der Waals surface area contributed by atoms with Crippen molar-refractivity contribution >= 4 is 11.6 Å². The lowest BCUT2D eigenvalue weighted by Crippen LogP contribution is -2.18. The maximum absolute atomic E-state index is 12.8. The van der Waals surface area contributed by atoms with Gasteiger partial charge in [0.1, 0.15) is 17.3 Å². The van der Waals surface area contributed by atoms with Gasteiger partial charge in [-0.2, -0.15) is 0 Å². The van der Waals surface area contributed by atoms with Gasteiger partial charge in [-0.1, -0.05) is 17.7 Å². The highest BCUT2D eigenvalue weighted by Gasteiger charge is 2.11. The quantitative estimate of drug-likeness (QED) is 0.912. The first-order valence-corrected chi connectivity index (χ1v) is 6.40. The molecule has 0 bridgehead atoms. The summed E-state index contributed by atoms with van der Waals surface area (Å²) in [6.07, 6.45) is 0.621. The molecule has 1 unspecified atom stereocenters. The minimum Gasteiger partial charge on any atom is -0.457 e. The lowest BCUT2D eigenvalue weighted by molar-refractivity contribution is 0.472. The average molecular weight is 280 g/mol. The minimum atomic E-state index is -0.297. The highest BCUT2D eigenvalue weighted by atomic mass is 35.5. The van der Waals surface area contributed by atoms with E-state index in [9.17, 15) is 4.39 Å². The second-order valence-corrected chi connectivity index (χ2v) is 4.86. The summed E-state index contributed by atoms with van der Waals surface area (Å²) < 4.78 is 18.6. The summed E-state index contributed by atoms with van der Waals surface area (Å²) in [5.74, 6) is 0.917. The Kier molecular flexibility index (Phi) is 4.40. The van der Waals surface area contributed by atoms with Crippen LogP contribution < -0.4 is 10.5 Å². The number of rotatable bonds is 4. The first-order valence-electron chi connectivity index (χ1n) is 6.02. The number of nitrogens with two attached hydrogens (primary N) is 1. The highest BCUT2D eigenvalue weighted by Crippen LogP contribution is 2.31. The van der Waals surface area contributed by atoms with E-state index in [0.29, 0.717) is 22.9 Å². The second kappa shape index (κ2) is 6.04. The van der Waals surface area contributed by atoms with Gasteiger partial charge < -0.3 is 10.5 Å². The third-order valence-corrected chi connectivity index (χ3v) is 3.00. The highest BCUT2D eigenvalue weighted by molar-refractivity contribution is 6.31. The molecule has 0 aliphatic carbocycles. The number of hydrogen-bond acceptors (Lipinski definition) is 2. The van der Waals surface area contributed by atoms with Crippen molar-refractivity contribution < 1.29 is 9.13 Å². The van der Waals surface area contributed by atoms with E-state index in [4.69, 9.17) is 22.1 Å². The van der Waals surface area contributed by atoms with Gasteiger partial charge in [-0.25, -0.2) is 4.39 Å². The molecule has 19 heavy (non-hydrogen) atoms. The van der Waals surface area contributed by atoms with Gasteiger partial charge in [0, 0.05) is 16.6 Å². The topological polar surface area (TPSA) is 35.2 Å². The van der Waals surface area contributed by atoms with Crippen LogP contribution in [0.1, 0.15) is 12.5 Å². The molecule has 0 spiro atoms. The summed E-state index contributed by atoms with van der Waals surface area (Å²) >= 11 is 6.17. The van der Waals surface area contributed by atoms with Crippen molar-refractivity contribution in [2.75, 3.05) is 0 Å². The predicted octanol–water partition coefficient (Wildman–Crippen LogP) is 4.16. The van der Waals surface area contributed by atoms with Crippen molar-refractivity contribution in [2.45, 2.75) is 19.4 Å². The van der Waals surface area contributed by atoms with Crippen LogP contribution in [0.2, 0.25) is 5.02 Å². The number of hydrogen-bond donors (Lipinski definition) is 1. The van der Waals surface area contributed by atoms with Crippen molar-refractivity contribution in [1.29, 1.82) is 0 Å². The van der Waals surface area contributed by atoms with Gasteiger partial charge in [0.25, 0.3) is 0 Å². The molecule has 0 radical (unpaired) electrons. The van der Waals surface area contributed by atoms with Crippen LogP contribution in [0.25, 0.3) is 0 Å². The van der Waals surface area contributed by atoms with Gasteiger partial charge in [0.15, 0.2) is 0 Å². The summed E-state index contributed by atoms with van der Waals surface area (Å²) in [4.78, 5) is 0. The Morgan fingerprint density at radius 1 is 1.21 bits per heavy atom. The van der Waals surface area contributed by atoms with Crippen LogP contribution in [0.15, 0.2) is 42.5 Å². The molecule has 0 saturated carbocycles. The van der Waals surface area contributed by atoms with Crippen molar-refractivity contribution in [1.82, 2.24) is 0 Å². The molecule has 1 atom stereocenters. The molecule has 0 amide bonds. The molecule has 2 nitrogen and oxygen atoms in total. The summed E-state index contributed by atoms with van der Waals surface area (Å²) in [5.41, 5.74) is 6.68. The van der Waals surface area contributed by atoms with Crippen LogP contribution in [-0.2, 0) is 6.42 Å². The molecule has 2 N–H and O–H groups in total. The molecule has 0 aromatic heterocycles. The first-order chi connectivity index (χ1) is 9.06. The number of halogens is 2. The van der Waals surface area contributed by atoms with Crippen molar-refractivity contribution in [3.05, 3.63) is 58.9 Å². The fraction of sp³-hybridized carbons (Fsp3) is 0.200. The summed E-state index contributed by atoms with van der Waals surface area (Å²) in [6.45, 7) is 1.91. The Balaban J connectivity index is 2.29. The van der Waals surface area contributed by atoms with E-state index < -0.39 is 0 Å². The smallest absolute Gasteiger partial charge is 0.132 e. The van der Waals surface area contributed by atoms with E-state index >= 15 is 0 Å². The summed E-state index contributed by atoms with van der Waals surface area (Å²) in [6, 6.07) is 11.3. The van der Waals surface area contributed by atoms with Gasteiger partial charge in [0.2, 0.25) is 0 Å². The molecular weight excluding hydrogens is 265 g/mol. The van der Waals surface area contributed by atoms with E-state index in [2.05, 4.69) is 0 Å². The largest absolute Gasteiger partial charge is 0.457 e. The van der Waals surface area contributed by atoms with Crippen molar-refractivity contribution in [2.24, 2.45) is 5.73 Å².